The van der Waals surface area contributed by atoms with Crippen molar-refractivity contribution in [3.8, 4) is 17.2 Å². The van der Waals surface area contributed by atoms with Crippen molar-refractivity contribution < 1.29 is 19.0 Å². The zero-order valence-electron chi connectivity index (χ0n) is 17.6. The van der Waals surface area contributed by atoms with Crippen molar-refractivity contribution >= 4 is 44.0 Å². The van der Waals surface area contributed by atoms with Crippen molar-refractivity contribution in [3.05, 3.63) is 86.3 Å². The molecule has 3 aromatic carbocycles. The molecule has 1 amide bonds. The number of carbonyl (C=O) groups is 1. The molecule has 0 saturated carbocycles. The van der Waals surface area contributed by atoms with E-state index in [2.05, 4.69) is 42.4 Å². The summed E-state index contributed by atoms with van der Waals surface area (Å²) in [5.74, 6) is 1.45. The van der Waals surface area contributed by atoms with Crippen molar-refractivity contribution in [2.45, 2.75) is 13.5 Å². The van der Waals surface area contributed by atoms with Crippen molar-refractivity contribution in [3.63, 3.8) is 0 Å². The first kappa shape index (κ1) is 23.8. The van der Waals surface area contributed by atoms with Gasteiger partial charge in [-0.05, 0) is 76.4 Å². The van der Waals surface area contributed by atoms with E-state index in [0.717, 1.165) is 20.1 Å². The Morgan fingerprint density at radius 1 is 1.06 bits per heavy atom. The number of methoxy groups -OCH3 is 1. The minimum atomic E-state index is -0.335. The SMILES string of the molecule is CCOc1cc(/C=N\NC(=O)c2cccc(OC)c2)cc(Br)c1OCc1ccc(Br)cc1. The van der Waals surface area contributed by atoms with Crippen LogP contribution in [0.15, 0.2) is 74.7 Å². The van der Waals surface area contributed by atoms with E-state index < -0.39 is 0 Å². The molecule has 3 aromatic rings. The standard InChI is InChI=1S/C24H22Br2N2O4/c1-3-31-22-12-17(14-27-28-24(29)18-5-4-6-20(13-18)30-2)11-21(26)23(22)32-15-16-7-9-19(25)10-8-16/h4-14H,3,15H2,1-2H3,(H,28,29)/b27-14-. The number of hydrazone groups is 1. The zero-order valence-corrected chi connectivity index (χ0v) is 20.8. The molecule has 0 aliphatic rings. The van der Waals surface area contributed by atoms with Crippen LogP contribution in [0.25, 0.3) is 0 Å². The number of rotatable bonds is 9. The minimum absolute atomic E-state index is 0.335. The molecule has 0 spiro atoms. The van der Waals surface area contributed by atoms with Crippen LogP contribution >= 0.6 is 31.9 Å². The lowest BCUT2D eigenvalue weighted by Crippen LogP contribution is -2.17. The summed E-state index contributed by atoms with van der Waals surface area (Å²) in [5, 5.41) is 4.06. The molecule has 0 fully saturated rings. The van der Waals surface area contributed by atoms with Crippen LogP contribution in [0, 0.1) is 0 Å². The van der Waals surface area contributed by atoms with Gasteiger partial charge in [0.1, 0.15) is 12.4 Å². The number of carbonyl (C=O) groups excluding carboxylic acids is 1. The molecular weight excluding hydrogens is 540 g/mol. The van der Waals surface area contributed by atoms with Gasteiger partial charge in [0.15, 0.2) is 11.5 Å². The van der Waals surface area contributed by atoms with Gasteiger partial charge in [0.25, 0.3) is 5.91 Å². The molecule has 3 rings (SSSR count). The summed E-state index contributed by atoms with van der Waals surface area (Å²) < 4.78 is 18.7. The Hall–Kier alpha value is -2.84. The Morgan fingerprint density at radius 2 is 1.84 bits per heavy atom. The second-order valence-corrected chi connectivity index (χ2v) is 8.38. The van der Waals surface area contributed by atoms with Gasteiger partial charge in [-0.15, -0.1) is 0 Å². The molecule has 0 saturated heterocycles. The highest BCUT2D eigenvalue weighted by Crippen LogP contribution is 2.37. The van der Waals surface area contributed by atoms with Crippen LogP contribution in [0.1, 0.15) is 28.4 Å². The van der Waals surface area contributed by atoms with E-state index >= 15 is 0 Å². The number of nitrogens with zero attached hydrogens (tertiary/aromatic N) is 1. The van der Waals surface area contributed by atoms with E-state index in [0.29, 0.717) is 36.0 Å². The van der Waals surface area contributed by atoms with Gasteiger partial charge in [-0.2, -0.15) is 5.10 Å². The molecule has 0 aliphatic carbocycles. The fraction of sp³-hybridized carbons (Fsp3) is 0.167. The summed E-state index contributed by atoms with van der Waals surface area (Å²) >= 11 is 6.98. The molecule has 0 radical (unpaired) electrons. The average molecular weight is 562 g/mol. The van der Waals surface area contributed by atoms with Gasteiger partial charge in [0.2, 0.25) is 0 Å². The van der Waals surface area contributed by atoms with E-state index in [9.17, 15) is 4.79 Å². The Morgan fingerprint density at radius 3 is 2.56 bits per heavy atom. The normalized spacial score (nSPS) is 10.8. The van der Waals surface area contributed by atoms with Crippen molar-refractivity contribution in [2.24, 2.45) is 5.10 Å². The summed E-state index contributed by atoms with van der Waals surface area (Å²) in [6, 6.07) is 18.4. The van der Waals surface area contributed by atoms with Crippen molar-refractivity contribution in [1.82, 2.24) is 5.43 Å². The quantitative estimate of drug-likeness (QED) is 0.258. The van der Waals surface area contributed by atoms with Crippen LogP contribution in [-0.2, 0) is 6.61 Å². The van der Waals surface area contributed by atoms with E-state index in [1.165, 1.54) is 0 Å². The predicted molar refractivity (Wildman–Crippen MR) is 132 cm³/mol. The Labute approximate surface area is 203 Å². The molecular formula is C24H22Br2N2O4. The number of hydrogen-bond acceptors (Lipinski definition) is 5. The van der Waals surface area contributed by atoms with E-state index in [1.54, 1.807) is 37.6 Å². The number of amides is 1. The second kappa shape index (κ2) is 11.7. The molecule has 166 valence electrons. The van der Waals surface area contributed by atoms with Gasteiger partial charge >= 0.3 is 0 Å². The highest BCUT2D eigenvalue weighted by Gasteiger charge is 2.12. The molecule has 0 aliphatic heterocycles. The maximum absolute atomic E-state index is 12.3. The molecule has 0 heterocycles. The topological polar surface area (TPSA) is 69.2 Å². The van der Waals surface area contributed by atoms with Crippen molar-refractivity contribution in [1.29, 1.82) is 0 Å². The minimum Gasteiger partial charge on any atom is -0.497 e. The zero-order chi connectivity index (χ0) is 22.9. The molecule has 0 unspecified atom stereocenters. The third kappa shape index (κ3) is 6.58. The fourth-order valence-electron chi connectivity index (χ4n) is 2.80. The molecule has 8 heteroatoms. The molecule has 0 atom stereocenters. The van der Waals surface area contributed by atoms with Crippen LogP contribution in [0.2, 0.25) is 0 Å². The third-order valence-electron chi connectivity index (χ3n) is 4.34. The summed E-state index contributed by atoms with van der Waals surface area (Å²) in [5.41, 5.74) is 4.75. The largest absolute Gasteiger partial charge is 0.497 e. The van der Waals surface area contributed by atoms with Gasteiger partial charge in [-0.1, -0.05) is 34.1 Å². The third-order valence-corrected chi connectivity index (χ3v) is 5.46. The molecule has 0 bridgehead atoms. The Kier molecular flexibility index (Phi) is 8.70. The number of nitrogens with one attached hydrogen (secondary N) is 1. The first-order valence-electron chi connectivity index (χ1n) is 9.81. The Balaban J connectivity index is 1.71. The lowest BCUT2D eigenvalue weighted by atomic mass is 10.2. The van der Waals surface area contributed by atoms with Gasteiger partial charge in [-0.25, -0.2) is 5.43 Å². The number of hydrogen-bond donors (Lipinski definition) is 1. The summed E-state index contributed by atoms with van der Waals surface area (Å²) in [4.78, 5) is 12.3. The lowest BCUT2D eigenvalue weighted by molar-refractivity contribution is 0.0955. The summed E-state index contributed by atoms with van der Waals surface area (Å²) in [7, 11) is 1.55. The van der Waals surface area contributed by atoms with Crippen molar-refractivity contribution in [2.75, 3.05) is 13.7 Å². The molecule has 1 N–H and O–H groups in total. The first-order chi connectivity index (χ1) is 15.5. The van der Waals surface area contributed by atoms with Gasteiger partial charge in [-0.3, -0.25) is 4.79 Å². The first-order valence-corrected chi connectivity index (χ1v) is 11.4. The number of ether oxygens (including phenoxy) is 3. The van der Waals surface area contributed by atoms with E-state index in [4.69, 9.17) is 14.2 Å². The molecule has 6 nitrogen and oxygen atoms in total. The summed E-state index contributed by atoms with van der Waals surface area (Å²) in [6.07, 6.45) is 1.55. The van der Waals surface area contributed by atoms with Crippen LogP contribution in [-0.4, -0.2) is 25.8 Å². The summed E-state index contributed by atoms with van der Waals surface area (Å²) in [6.45, 7) is 2.78. The highest BCUT2D eigenvalue weighted by molar-refractivity contribution is 9.10. The highest BCUT2D eigenvalue weighted by atomic mass is 79.9. The maximum atomic E-state index is 12.3. The van der Waals surface area contributed by atoms with E-state index in [1.807, 2.05) is 43.3 Å². The predicted octanol–water partition coefficient (Wildman–Crippen LogP) is 5.96. The van der Waals surface area contributed by atoms with Gasteiger partial charge < -0.3 is 14.2 Å². The second-order valence-electron chi connectivity index (χ2n) is 6.61. The van der Waals surface area contributed by atoms with Crippen LogP contribution in [0.3, 0.4) is 0 Å². The smallest absolute Gasteiger partial charge is 0.271 e. The fourth-order valence-corrected chi connectivity index (χ4v) is 3.63. The lowest BCUT2D eigenvalue weighted by Gasteiger charge is -2.14. The van der Waals surface area contributed by atoms with E-state index in [-0.39, 0.29) is 5.91 Å². The van der Waals surface area contributed by atoms with Crippen LogP contribution in [0.4, 0.5) is 0 Å². The maximum Gasteiger partial charge on any atom is 0.271 e. The number of benzene rings is 3. The molecule has 32 heavy (non-hydrogen) atoms. The van der Waals surface area contributed by atoms with Crippen LogP contribution < -0.4 is 19.6 Å². The monoisotopic (exact) mass is 560 g/mol. The van der Waals surface area contributed by atoms with Crippen LogP contribution in [0.5, 0.6) is 17.2 Å². The van der Waals surface area contributed by atoms with Gasteiger partial charge in [0.05, 0.1) is 24.4 Å². The average Bonchev–Trinajstić information content (AvgIpc) is 2.80. The number of halogens is 2. The molecule has 0 aromatic heterocycles. The van der Waals surface area contributed by atoms with Gasteiger partial charge in [0, 0.05) is 10.0 Å². The Bertz CT molecular complexity index is 1100.